The van der Waals surface area contributed by atoms with Crippen LogP contribution in [-0.4, -0.2) is 12.6 Å². The van der Waals surface area contributed by atoms with Gasteiger partial charge in [0.05, 0.1) is 6.61 Å². The molecule has 0 fully saturated rings. The van der Waals surface area contributed by atoms with Gasteiger partial charge in [0.25, 0.3) is 0 Å². The van der Waals surface area contributed by atoms with Gasteiger partial charge in [0, 0.05) is 6.08 Å². The molecule has 0 saturated heterocycles. The predicted molar refractivity (Wildman–Crippen MR) is 61.5 cm³/mol. The highest BCUT2D eigenvalue weighted by atomic mass is 16.5. The average molecular weight is 204 g/mol. The van der Waals surface area contributed by atoms with Crippen LogP contribution in [0.5, 0.6) is 0 Å². The fourth-order valence-corrected chi connectivity index (χ4v) is 1.37. The lowest BCUT2D eigenvalue weighted by Crippen LogP contribution is -1.98. The van der Waals surface area contributed by atoms with Gasteiger partial charge in [-0.2, -0.15) is 0 Å². The van der Waals surface area contributed by atoms with Crippen molar-refractivity contribution in [2.24, 2.45) is 0 Å². The van der Waals surface area contributed by atoms with Crippen LogP contribution >= 0.6 is 0 Å². The summed E-state index contributed by atoms with van der Waals surface area (Å²) < 4.78 is 4.81. The van der Waals surface area contributed by atoms with Crippen LogP contribution in [0.25, 0.3) is 6.08 Å². The van der Waals surface area contributed by atoms with E-state index >= 15 is 0 Å². The molecule has 0 aliphatic carbocycles. The zero-order valence-corrected chi connectivity index (χ0v) is 9.19. The molecule has 15 heavy (non-hydrogen) atoms. The first-order valence-corrected chi connectivity index (χ1v) is 5.20. The molecule has 0 saturated carbocycles. The Morgan fingerprint density at radius 1 is 1.33 bits per heavy atom. The minimum absolute atomic E-state index is 0.289. The maximum Gasteiger partial charge on any atom is 0.330 e. The van der Waals surface area contributed by atoms with Crippen LogP contribution in [0.15, 0.2) is 30.3 Å². The highest BCUT2D eigenvalue weighted by molar-refractivity contribution is 5.87. The molecule has 2 nitrogen and oxygen atoms in total. The summed E-state index contributed by atoms with van der Waals surface area (Å²) in [5.41, 5.74) is 2.31. The smallest absolute Gasteiger partial charge is 0.330 e. The van der Waals surface area contributed by atoms with Gasteiger partial charge >= 0.3 is 5.97 Å². The lowest BCUT2D eigenvalue weighted by molar-refractivity contribution is -0.137. The molecule has 1 aromatic rings. The summed E-state index contributed by atoms with van der Waals surface area (Å²) in [5, 5.41) is 0. The van der Waals surface area contributed by atoms with Crippen LogP contribution in [0.3, 0.4) is 0 Å². The van der Waals surface area contributed by atoms with Crippen LogP contribution in [-0.2, 0) is 16.0 Å². The third-order valence-corrected chi connectivity index (χ3v) is 2.12. The van der Waals surface area contributed by atoms with Crippen LogP contribution in [0.2, 0.25) is 0 Å². The van der Waals surface area contributed by atoms with Gasteiger partial charge in [0.1, 0.15) is 0 Å². The minimum Gasteiger partial charge on any atom is -0.463 e. The van der Waals surface area contributed by atoms with E-state index < -0.39 is 0 Å². The Kier molecular flexibility index (Phi) is 4.61. The zero-order valence-electron chi connectivity index (χ0n) is 9.19. The molecule has 2 heteroatoms. The fraction of sp³-hybridized carbons (Fsp3) is 0.308. The van der Waals surface area contributed by atoms with Crippen molar-refractivity contribution in [3.63, 3.8) is 0 Å². The highest BCUT2D eigenvalue weighted by Crippen LogP contribution is 2.11. The second-order valence-electron chi connectivity index (χ2n) is 3.14. The number of esters is 1. The Balaban J connectivity index is 2.75. The molecule has 0 atom stereocenters. The molecular weight excluding hydrogens is 188 g/mol. The molecule has 0 unspecified atom stereocenters. The van der Waals surface area contributed by atoms with Gasteiger partial charge in [-0.15, -0.1) is 0 Å². The molecule has 80 valence electrons. The van der Waals surface area contributed by atoms with Gasteiger partial charge in [-0.1, -0.05) is 31.2 Å². The van der Waals surface area contributed by atoms with Crippen LogP contribution in [0.4, 0.5) is 0 Å². The zero-order chi connectivity index (χ0) is 11.1. The molecule has 0 bridgehead atoms. The SMILES string of the molecule is CCOC(=O)C=Cc1ccccc1CC. The molecule has 1 rings (SSSR count). The van der Waals surface area contributed by atoms with Gasteiger partial charge in [0.2, 0.25) is 0 Å². The molecule has 0 amide bonds. The molecule has 1 aromatic carbocycles. The summed E-state index contributed by atoms with van der Waals surface area (Å²) in [7, 11) is 0. The van der Waals surface area contributed by atoms with E-state index in [1.54, 1.807) is 13.0 Å². The molecule has 0 spiro atoms. The third-order valence-electron chi connectivity index (χ3n) is 2.12. The highest BCUT2D eigenvalue weighted by Gasteiger charge is 1.97. The number of carbonyl (C=O) groups excluding carboxylic acids is 1. The van der Waals surface area contributed by atoms with Crippen molar-refractivity contribution in [1.82, 2.24) is 0 Å². The summed E-state index contributed by atoms with van der Waals surface area (Å²) in [6.07, 6.45) is 4.23. The number of hydrogen-bond donors (Lipinski definition) is 0. The Morgan fingerprint density at radius 3 is 2.73 bits per heavy atom. The summed E-state index contributed by atoms with van der Waals surface area (Å²) in [4.78, 5) is 11.1. The van der Waals surface area contributed by atoms with Gasteiger partial charge in [-0.05, 0) is 30.5 Å². The Bertz CT molecular complexity index is 353. The Labute approximate surface area is 90.6 Å². The average Bonchev–Trinajstić information content (AvgIpc) is 2.27. The van der Waals surface area contributed by atoms with Crippen molar-refractivity contribution in [3.8, 4) is 0 Å². The van der Waals surface area contributed by atoms with Gasteiger partial charge in [-0.25, -0.2) is 4.79 Å². The lowest BCUT2D eigenvalue weighted by Gasteiger charge is -2.01. The first kappa shape index (κ1) is 11.5. The second-order valence-corrected chi connectivity index (χ2v) is 3.14. The minimum atomic E-state index is -0.289. The normalized spacial score (nSPS) is 10.5. The van der Waals surface area contributed by atoms with Gasteiger partial charge in [-0.3, -0.25) is 0 Å². The van der Waals surface area contributed by atoms with Crippen molar-refractivity contribution in [2.45, 2.75) is 20.3 Å². The number of aryl methyl sites for hydroxylation is 1. The number of rotatable bonds is 4. The number of benzene rings is 1. The van der Waals surface area contributed by atoms with Crippen LogP contribution in [0, 0.1) is 0 Å². The van der Waals surface area contributed by atoms with E-state index in [2.05, 4.69) is 13.0 Å². The van der Waals surface area contributed by atoms with Crippen molar-refractivity contribution in [1.29, 1.82) is 0 Å². The largest absolute Gasteiger partial charge is 0.463 e. The second kappa shape index (κ2) is 6.02. The Morgan fingerprint density at radius 2 is 2.07 bits per heavy atom. The van der Waals surface area contributed by atoms with E-state index in [-0.39, 0.29) is 5.97 Å². The summed E-state index contributed by atoms with van der Waals surface area (Å²) >= 11 is 0. The molecule has 0 radical (unpaired) electrons. The first-order chi connectivity index (χ1) is 7.27. The Hall–Kier alpha value is -1.57. The molecule has 0 aliphatic rings. The molecule has 0 aliphatic heterocycles. The van der Waals surface area contributed by atoms with E-state index in [4.69, 9.17) is 4.74 Å². The van der Waals surface area contributed by atoms with Crippen molar-refractivity contribution in [2.75, 3.05) is 6.61 Å². The summed E-state index contributed by atoms with van der Waals surface area (Å²) in [6, 6.07) is 8.02. The monoisotopic (exact) mass is 204 g/mol. The van der Waals surface area contributed by atoms with Crippen molar-refractivity contribution >= 4 is 12.0 Å². The maximum atomic E-state index is 11.1. The fourth-order valence-electron chi connectivity index (χ4n) is 1.37. The van der Waals surface area contributed by atoms with E-state index in [0.717, 1.165) is 12.0 Å². The molecule has 0 N–H and O–H groups in total. The van der Waals surface area contributed by atoms with Gasteiger partial charge in [0.15, 0.2) is 0 Å². The first-order valence-electron chi connectivity index (χ1n) is 5.20. The number of ether oxygens (including phenoxy) is 1. The van der Waals surface area contributed by atoms with Crippen molar-refractivity contribution in [3.05, 3.63) is 41.5 Å². The van der Waals surface area contributed by atoms with Gasteiger partial charge < -0.3 is 4.74 Å². The van der Waals surface area contributed by atoms with E-state index in [0.29, 0.717) is 6.61 Å². The predicted octanol–water partition coefficient (Wildman–Crippen LogP) is 2.83. The number of carbonyl (C=O) groups is 1. The van der Waals surface area contributed by atoms with Crippen molar-refractivity contribution < 1.29 is 9.53 Å². The summed E-state index contributed by atoms with van der Waals surface area (Å²) in [6.45, 7) is 4.31. The molecule has 0 heterocycles. The third kappa shape index (κ3) is 3.58. The molecule has 0 aromatic heterocycles. The standard InChI is InChI=1S/C13H16O2/c1-3-11-7-5-6-8-12(11)9-10-13(14)15-4-2/h5-10H,3-4H2,1-2H3. The quantitative estimate of drug-likeness (QED) is 0.557. The van der Waals surface area contributed by atoms with Crippen LogP contribution in [0.1, 0.15) is 25.0 Å². The lowest BCUT2D eigenvalue weighted by atomic mass is 10.1. The van der Waals surface area contributed by atoms with E-state index in [9.17, 15) is 4.79 Å². The summed E-state index contributed by atoms with van der Waals surface area (Å²) in [5.74, 6) is -0.289. The maximum absolute atomic E-state index is 11.1. The number of hydrogen-bond acceptors (Lipinski definition) is 2. The van der Waals surface area contributed by atoms with E-state index in [1.165, 1.54) is 11.6 Å². The van der Waals surface area contributed by atoms with E-state index in [1.807, 2.05) is 18.2 Å². The van der Waals surface area contributed by atoms with Crippen LogP contribution < -0.4 is 0 Å². The molecular formula is C13H16O2. The topological polar surface area (TPSA) is 26.3 Å².